The zero-order valence-corrected chi connectivity index (χ0v) is 12.4. The summed E-state index contributed by atoms with van der Waals surface area (Å²) in [5.74, 6) is 1.95. The van der Waals surface area contributed by atoms with Gasteiger partial charge in [-0.2, -0.15) is 0 Å². The van der Waals surface area contributed by atoms with E-state index in [0.29, 0.717) is 11.8 Å². The molecule has 1 heterocycles. The second-order valence-corrected chi connectivity index (χ2v) is 7.50. The van der Waals surface area contributed by atoms with Crippen LogP contribution < -0.4 is 0 Å². The first kappa shape index (κ1) is 13.9. The molecule has 0 aromatic rings. The molecule has 3 rings (SSSR count). The molecule has 2 heteroatoms. The van der Waals surface area contributed by atoms with Gasteiger partial charge in [0.1, 0.15) is 0 Å². The van der Waals surface area contributed by atoms with Crippen molar-refractivity contribution in [2.75, 3.05) is 6.61 Å². The number of hydrogen-bond donors (Lipinski definition) is 1. The van der Waals surface area contributed by atoms with Crippen molar-refractivity contribution in [1.82, 2.24) is 0 Å². The quantitative estimate of drug-likeness (QED) is 0.821. The monoisotopic (exact) mass is 266 g/mol. The van der Waals surface area contributed by atoms with Crippen molar-refractivity contribution in [3.8, 4) is 0 Å². The summed E-state index contributed by atoms with van der Waals surface area (Å²) in [6.45, 7) is 3.23. The standard InChI is InChI=1S/C17H30O2/c1-13-4-6-14(7-5-13)16(18)15-8-11-19-17(12-15)9-2-3-10-17/h13-16,18H,2-12H2,1H3. The van der Waals surface area contributed by atoms with Crippen molar-refractivity contribution in [3.05, 3.63) is 0 Å². The van der Waals surface area contributed by atoms with E-state index in [1.807, 2.05) is 0 Å². The summed E-state index contributed by atoms with van der Waals surface area (Å²) in [6, 6.07) is 0. The van der Waals surface area contributed by atoms with Crippen LogP contribution in [0.3, 0.4) is 0 Å². The van der Waals surface area contributed by atoms with Crippen LogP contribution >= 0.6 is 0 Å². The van der Waals surface area contributed by atoms with Crippen molar-refractivity contribution in [1.29, 1.82) is 0 Å². The molecular weight excluding hydrogens is 236 g/mol. The number of aliphatic hydroxyl groups excluding tert-OH is 1. The molecule has 1 N–H and O–H groups in total. The second-order valence-electron chi connectivity index (χ2n) is 7.50. The molecular formula is C17H30O2. The number of hydrogen-bond acceptors (Lipinski definition) is 2. The van der Waals surface area contributed by atoms with Gasteiger partial charge in [-0.15, -0.1) is 0 Å². The number of aliphatic hydroxyl groups is 1. The normalized spacial score (nSPS) is 40.4. The topological polar surface area (TPSA) is 29.5 Å². The first-order valence-electron chi connectivity index (χ1n) is 8.51. The molecule has 1 aliphatic heterocycles. The minimum Gasteiger partial charge on any atom is -0.393 e. The van der Waals surface area contributed by atoms with Crippen molar-refractivity contribution in [2.24, 2.45) is 17.8 Å². The average Bonchev–Trinajstić information content (AvgIpc) is 2.87. The van der Waals surface area contributed by atoms with Gasteiger partial charge in [-0.25, -0.2) is 0 Å². The fraction of sp³-hybridized carbons (Fsp3) is 1.00. The van der Waals surface area contributed by atoms with Gasteiger partial charge in [0.15, 0.2) is 0 Å². The van der Waals surface area contributed by atoms with E-state index in [1.54, 1.807) is 0 Å². The van der Waals surface area contributed by atoms with Crippen molar-refractivity contribution < 1.29 is 9.84 Å². The van der Waals surface area contributed by atoms with Gasteiger partial charge in [-0.3, -0.25) is 0 Å². The summed E-state index contributed by atoms with van der Waals surface area (Å²) in [5.41, 5.74) is 0.159. The lowest BCUT2D eigenvalue weighted by molar-refractivity contribution is -0.122. The average molecular weight is 266 g/mol. The summed E-state index contributed by atoms with van der Waals surface area (Å²) < 4.78 is 6.10. The highest BCUT2D eigenvalue weighted by atomic mass is 16.5. The fourth-order valence-electron chi connectivity index (χ4n) is 4.74. The van der Waals surface area contributed by atoms with Crippen LogP contribution in [0.15, 0.2) is 0 Å². The van der Waals surface area contributed by atoms with Crippen LogP contribution in [-0.4, -0.2) is 23.4 Å². The Labute approximate surface area is 117 Å². The third-order valence-electron chi connectivity index (χ3n) is 6.07. The minimum atomic E-state index is -0.0612. The van der Waals surface area contributed by atoms with Gasteiger partial charge in [-0.05, 0) is 56.3 Å². The highest BCUT2D eigenvalue weighted by molar-refractivity contribution is 4.94. The molecule has 1 saturated heterocycles. The molecule has 3 fully saturated rings. The predicted molar refractivity (Wildman–Crippen MR) is 77.0 cm³/mol. The van der Waals surface area contributed by atoms with Crippen LogP contribution in [0.4, 0.5) is 0 Å². The Morgan fingerprint density at radius 1 is 1.00 bits per heavy atom. The number of ether oxygens (including phenoxy) is 1. The van der Waals surface area contributed by atoms with Crippen LogP contribution in [0.5, 0.6) is 0 Å². The minimum absolute atomic E-state index is 0.0612. The third kappa shape index (κ3) is 3.00. The van der Waals surface area contributed by atoms with E-state index in [-0.39, 0.29) is 11.7 Å². The summed E-state index contributed by atoms with van der Waals surface area (Å²) in [4.78, 5) is 0. The van der Waals surface area contributed by atoms with E-state index in [4.69, 9.17) is 4.74 Å². The van der Waals surface area contributed by atoms with Crippen molar-refractivity contribution in [3.63, 3.8) is 0 Å². The molecule has 2 aliphatic carbocycles. The molecule has 110 valence electrons. The molecule has 2 unspecified atom stereocenters. The van der Waals surface area contributed by atoms with E-state index in [9.17, 15) is 5.11 Å². The van der Waals surface area contributed by atoms with Crippen LogP contribution in [0, 0.1) is 17.8 Å². The maximum atomic E-state index is 10.8. The Kier molecular flexibility index (Phi) is 4.19. The molecule has 0 aromatic carbocycles. The Morgan fingerprint density at radius 3 is 2.37 bits per heavy atom. The highest BCUT2D eigenvalue weighted by Gasteiger charge is 2.43. The zero-order chi connectivity index (χ0) is 13.3. The molecule has 19 heavy (non-hydrogen) atoms. The van der Waals surface area contributed by atoms with Gasteiger partial charge < -0.3 is 9.84 Å². The molecule has 2 atom stereocenters. The Hall–Kier alpha value is -0.0800. The van der Waals surface area contributed by atoms with Gasteiger partial charge >= 0.3 is 0 Å². The molecule has 0 radical (unpaired) electrons. The van der Waals surface area contributed by atoms with E-state index in [1.165, 1.54) is 51.4 Å². The van der Waals surface area contributed by atoms with E-state index in [2.05, 4.69) is 6.92 Å². The van der Waals surface area contributed by atoms with E-state index >= 15 is 0 Å². The molecule has 0 bridgehead atoms. The third-order valence-corrected chi connectivity index (χ3v) is 6.07. The molecule has 0 amide bonds. The molecule has 0 aromatic heterocycles. The number of rotatable bonds is 2. The van der Waals surface area contributed by atoms with Crippen molar-refractivity contribution in [2.45, 2.75) is 82.8 Å². The summed E-state index contributed by atoms with van der Waals surface area (Å²) in [5, 5.41) is 10.8. The Balaban J connectivity index is 1.58. The van der Waals surface area contributed by atoms with E-state index in [0.717, 1.165) is 25.4 Å². The van der Waals surface area contributed by atoms with Crippen LogP contribution in [0.1, 0.15) is 71.1 Å². The maximum absolute atomic E-state index is 10.8. The van der Waals surface area contributed by atoms with Gasteiger partial charge in [0.25, 0.3) is 0 Å². The van der Waals surface area contributed by atoms with Crippen LogP contribution in [0.25, 0.3) is 0 Å². The smallest absolute Gasteiger partial charge is 0.0686 e. The molecule has 2 saturated carbocycles. The first-order valence-corrected chi connectivity index (χ1v) is 8.51. The summed E-state index contributed by atoms with van der Waals surface area (Å²) in [7, 11) is 0. The van der Waals surface area contributed by atoms with Crippen LogP contribution in [0.2, 0.25) is 0 Å². The fourth-order valence-corrected chi connectivity index (χ4v) is 4.74. The highest BCUT2D eigenvalue weighted by Crippen LogP contribution is 2.45. The predicted octanol–water partition coefficient (Wildman–Crippen LogP) is 3.91. The van der Waals surface area contributed by atoms with E-state index < -0.39 is 0 Å². The lowest BCUT2D eigenvalue weighted by Crippen LogP contribution is -2.43. The van der Waals surface area contributed by atoms with Gasteiger partial charge in [0, 0.05) is 6.61 Å². The second kappa shape index (κ2) is 5.73. The lowest BCUT2D eigenvalue weighted by Gasteiger charge is -2.42. The summed E-state index contributed by atoms with van der Waals surface area (Å²) in [6.07, 6.45) is 12.4. The van der Waals surface area contributed by atoms with Crippen molar-refractivity contribution >= 4 is 0 Å². The Morgan fingerprint density at radius 2 is 1.68 bits per heavy atom. The van der Waals surface area contributed by atoms with Crippen LogP contribution in [-0.2, 0) is 4.74 Å². The maximum Gasteiger partial charge on any atom is 0.0686 e. The lowest BCUT2D eigenvalue weighted by atomic mass is 9.72. The first-order chi connectivity index (χ1) is 9.19. The van der Waals surface area contributed by atoms with Gasteiger partial charge in [0.2, 0.25) is 0 Å². The summed E-state index contributed by atoms with van der Waals surface area (Å²) >= 11 is 0. The molecule has 1 spiro atoms. The largest absolute Gasteiger partial charge is 0.393 e. The Bertz CT molecular complexity index is 288. The molecule has 2 nitrogen and oxygen atoms in total. The van der Waals surface area contributed by atoms with Gasteiger partial charge in [-0.1, -0.05) is 32.6 Å². The SMILES string of the molecule is CC1CCC(C(O)C2CCOC3(CCCC3)C2)CC1. The zero-order valence-electron chi connectivity index (χ0n) is 12.4. The van der Waals surface area contributed by atoms with Gasteiger partial charge in [0.05, 0.1) is 11.7 Å². The molecule has 3 aliphatic rings.